The van der Waals surface area contributed by atoms with Gasteiger partial charge in [-0.1, -0.05) is 54.1 Å². The maximum absolute atomic E-state index is 13.6. The molecule has 12 heteroatoms. The Kier molecular flexibility index (Phi) is 12.4. The van der Waals surface area contributed by atoms with Crippen LogP contribution in [0.3, 0.4) is 0 Å². The molecule has 0 saturated carbocycles. The van der Waals surface area contributed by atoms with Crippen LogP contribution >= 0.6 is 0 Å². The molecule has 3 aromatic carbocycles. The molecule has 2 aliphatic rings. The van der Waals surface area contributed by atoms with Crippen LogP contribution in [0.25, 0.3) is 0 Å². The molecule has 2 aliphatic heterocycles. The predicted octanol–water partition coefficient (Wildman–Crippen LogP) is 5.69. The Labute approximate surface area is 302 Å². The molecule has 1 N–H and O–H groups in total. The lowest BCUT2D eigenvalue weighted by atomic mass is 9.78. The van der Waals surface area contributed by atoms with Crippen molar-refractivity contribution in [3.05, 3.63) is 101 Å². The summed E-state index contributed by atoms with van der Waals surface area (Å²) < 4.78 is 36.0. The standard InChI is InChI=1S/C40H44FNO10/c1-23-8-18-31(19-9-23)42-37(32(40(42)48)7-5-6-27-12-16-30(41)17-13-27)29-14-10-28(11-15-29)20-34-33(21-36(46)47)38(50-25(3)44)39(51-26(4)45)35(52-34)22-49-24(2)43/h8-19,32-35,37-39H,5-7,20-22H2,1-4H3,(H,46,47)/t32-,33+,34-,35-,37-,38-,39+/m1/s1. The van der Waals surface area contributed by atoms with E-state index < -0.39 is 60.6 Å². The first kappa shape index (κ1) is 38.1. The molecule has 5 rings (SSSR count). The number of rotatable bonds is 14. The van der Waals surface area contributed by atoms with Gasteiger partial charge >= 0.3 is 23.9 Å². The van der Waals surface area contributed by atoms with Crippen molar-refractivity contribution in [3.8, 4) is 0 Å². The third-order valence-corrected chi connectivity index (χ3v) is 9.58. The van der Waals surface area contributed by atoms with Crippen molar-refractivity contribution in [3.63, 3.8) is 0 Å². The summed E-state index contributed by atoms with van der Waals surface area (Å²) in [5.41, 5.74) is 4.57. The van der Waals surface area contributed by atoms with Crippen molar-refractivity contribution in [2.75, 3.05) is 11.5 Å². The topological polar surface area (TPSA) is 146 Å². The van der Waals surface area contributed by atoms with E-state index in [4.69, 9.17) is 18.9 Å². The lowest BCUT2D eigenvalue weighted by Gasteiger charge is -2.48. The average molecular weight is 718 g/mol. The number of esters is 3. The molecule has 0 unspecified atom stereocenters. The van der Waals surface area contributed by atoms with Crippen molar-refractivity contribution < 1.29 is 52.4 Å². The summed E-state index contributed by atoms with van der Waals surface area (Å²) in [6.45, 7) is 5.22. The van der Waals surface area contributed by atoms with Crippen LogP contribution in [-0.4, -0.2) is 65.9 Å². The molecule has 3 aromatic rings. The van der Waals surface area contributed by atoms with Crippen LogP contribution in [0.4, 0.5) is 10.1 Å². The smallest absolute Gasteiger partial charge is 0.303 e. The van der Waals surface area contributed by atoms with Gasteiger partial charge in [0.2, 0.25) is 5.91 Å². The molecule has 2 saturated heterocycles. The summed E-state index contributed by atoms with van der Waals surface area (Å²) in [6, 6.07) is 21.6. The molecule has 276 valence electrons. The van der Waals surface area contributed by atoms with Gasteiger partial charge in [0.15, 0.2) is 6.10 Å². The molecule has 11 nitrogen and oxygen atoms in total. The second-order valence-corrected chi connectivity index (χ2v) is 13.5. The van der Waals surface area contributed by atoms with E-state index in [1.165, 1.54) is 32.9 Å². The monoisotopic (exact) mass is 717 g/mol. The average Bonchev–Trinajstić information content (AvgIpc) is 3.08. The minimum absolute atomic E-state index is 0.0295. The highest BCUT2D eigenvalue weighted by atomic mass is 19.1. The number of ether oxygens (including phenoxy) is 4. The maximum Gasteiger partial charge on any atom is 0.303 e. The highest BCUT2D eigenvalue weighted by Gasteiger charge is 2.51. The van der Waals surface area contributed by atoms with Gasteiger partial charge in [-0.3, -0.25) is 24.0 Å². The second kappa shape index (κ2) is 16.9. The van der Waals surface area contributed by atoms with Crippen LogP contribution in [-0.2, 0) is 55.8 Å². The van der Waals surface area contributed by atoms with Crippen molar-refractivity contribution in [2.45, 2.75) is 90.3 Å². The fraction of sp³-hybridized carbons (Fsp3) is 0.425. The maximum atomic E-state index is 13.6. The summed E-state index contributed by atoms with van der Waals surface area (Å²) in [6.07, 6.45) is -2.41. The molecule has 52 heavy (non-hydrogen) atoms. The van der Waals surface area contributed by atoms with Gasteiger partial charge in [-0.05, 0) is 73.6 Å². The number of aliphatic carboxylic acids is 1. The second-order valence-electron chi connectivity index (χ2n) is 13.5. The Morgan fingerprint density at radius 1 is 0.808 bits per heavy atom. The zero-order valence-corrected chi connectivity index (χ0v) is 29.7. The lowest BCUT2D eigenvalue weighted by Crippen LogP contribution is -2.59. The van der Waals surface area contributed by atoms with E-state index in [1.807, 2.05) is 60.4 Å². The molecule has 7 atom stereocenters. The van der Waals surface area contributed by atoms with Crippen molar-refractivity contribution in [2.24, 2.45) is 11.8 Å². The van der Waals surface area contributed by atoms with E-state index in [2.05, 4.69) is 0 Å². The predicted molar refractivity (Wildman–Crippen MR) is 187 cm³/mol. The third kappa shape index (κ3) is 9.41. The Morgan fingerprint density at radius 2 is 1.42 bits per heavy atom. The summed E-state index contributed by atoms with van der Waals surface area (Å²) >= 11 is 0. The number of carbonyl (C=O) groups is 5. The van der Waals surface area contributed by atoms with Gasteiger partial charge in [-0.2, -0.15) is 0 Å². The van der Waals surface area contributed by atoms with E-state index in [0.717, 1.165) is 34.4 Å². The van der Waals surface area contributed by atoms with E-state index in [1.54, 1.807) is 12.1 Å². The lowest BCUT2D eigenvalue weighted by molar-refractivity contribution is -0.234. The molecular formula is C40H44FNO10. The number of anilines is 1. The number of carboxylic acids is 1. The summed E-state index contributed by atoms with van der Waals surface area (Å²) in [5.74, 6) is -4.61. The van der Waals surface area contributed by atoms with E-state index >= 15 is 0 Å². The number of β-lactam (4-membered cyclic amide) rings is 1. The number of aryl methyl sites for hydroxylation is 2. The van der Waals surface area contributed by atoms with Crippen molar-refractivity contribution >= 4 is 35.5 Å². The first-order valence-electron chi connectivity index (χ1n) is 17.4. The fourth-order valence-corrected chi connectivity index (χ4v) is 7.20. The van der Waals surface area contributed by atoms with Crippen LogP contribution in [0, 0.1) is 24.6 Å². The first-order valence-corrected chi connectivity index (χ1v) is 17.4. The molecule has 0 spiro atoms. The quantitative estimate of drug-likeness (QED) is 0.125. The largest absolute Gasteiger partial charge is 0.481 e. The molecular weight excluding hydrogens is 673 g/mol. The SMILES string of the molecule is CC(=O)OC[C@H]1O[C@H](Cc2ccc([C@@H]3[C@@H](CCCc4ccc(F)cc4)C(=O)N3c3ccc(C)cc3)cc2)[C@H](CC(=O)O)[C@@H](OC(C)=O)[C@H]1OC(C)=O. The Balaban J connectivity index is 1.39. The summed E-state index contributed by atoms with van der Waals surface area (Å²) in [4.78, 5) is 63.5. The van der Waals surface area contributed by atoms with E-state index in [-0.39, 0.29) is 36.7 Å². The number of hydrogen-bond donors (Lipinski definition) is 1. The van der Waals surface area contributed by atoms with E-state index in [9.17, 15) is 33.5 Å². The zero-order chi connectivity index (χ0) is 37.5. The molecule has 0 aliphatic carbocycles. The minimum atomic E-state index is -1.22. The molecule has 0 bridgehead atoms. The minimum Gasteiger partial charge on any atom is -0.481 e. The number of nitrogens with zero attached hydrogens (tertiary/aromatic N) is 1. The number of carbonyl (C=O) groups excluding carboxylic acids is 4. The van der Waals surface area contributed by atoms with Gasteiger partial charge in [0.05, 0.1) is 24.5 Å². The van der Waals surface area contributed by atoms with Gasteiger partial charge in [0.1, 0.15) is 24.6 Å². The molecule has 0 aromatic heterocycles. The molecule has 2 fully saturated rings. The molecule has 0 radical (unpaired) electrons. The van der Waals surface area contributed by atoms with Crippen LogP contribution < -0.4 is 4.90 Å². The fourth-order valence-electron chi connectivity index (χ4n) is 7.20. The first-order chi connectivity index (χ1) is 24.8. The van der Waals surface area contributed by atoms with Gasteiger partial charge in [0.25, 0.3) is 0 Å². The van der Waals surface area contributed by atoms with Gasteiger partial charge in [0, 0.05) is 32.4 Å². The number of halogens is 1. The van der Waals surface area contributed by atoms with Crippen LogP contribution in [0.15, 0.2) is 72.8 Å². The summed E-state index contributed by atoms with van der Waals surface area (Å²) in [7, 11) is 0. The van der Waals surface area contributed by atoms with E-state index in [0.29, 0.717) is 12.8 Å². The highest BCUT2D eigenvalue weighted by molar-refractivity contribution is 6.03. The summed E-state index contributed by atoms with van der Waals surface area (Å²) in [5, 5.41) is 9.84. The van der Waals surface area contributed by atoms with Crippen LogP contribution in [0.5, 0.6) is 0 Å². The Bertz CT molecular complexity index is 1740. The number of benzene rings is 3. The molecule has 1 amide bonds. The van der Waals surface area contributed by atoms with Crippen LogP contribution in [0.2, 0.25) is 0 Å². The Hall–Kier alpha value is -5.10. The van der Waals surface area contributed by atoms with Crippen molar-refractivity contribution in [1.29, 1.82) is 0 Å². The molecule has 2 heterocycles. The normalized spacial score (nSPS) is 24.1. The Morgan fingerprint density at radius 3 is 2.02 bits per heavy atom. The van der Waals surface area contributed by atoms with Gasteiger partial charge in [-0.15, -0.1) is 0 Å². The highest BCUT2D eigenvalue weighted by Crippen LogP contribution is 2.46. The van der Waals surface area contributed by atoms with Crippen LogP contribution in [0.1, 0.15) is 68.3 Å². The van der Waals surface area contributed by atoms with Gasteiger partial charge < -0.3 is 29.0 Å². The number of carboxylic acid groups (broad SMARTS) is 1. The number of amides is 1. The van der Waals surface area contributed by atoms with Crippen molar-refractivity contribution in [1.82, 2.24) is 0 Å². The number of hydrogen-bond acceptors (Lipinski definition) is 9. The zero-order valence-electron chi connectivity index (χ0n) is 29.7. The third-order valence-electron chi connectivity index (χ3n) is 9.58. The van der Waals surface area contributed by atoms with Gasteiger partial charge in [-0.25, -0.2) is 4.39 Å².